The van der Waals surface area contributed by atoms with E-state index in [0.29, 0.717) is 65.7 Å². The van der Waals surface area contributed by atoms with Gasteiger partial charge in [-0.3, -0.25) is 14.8 Å². The zero-order chi connectivity index (χ0) is 31.4. The van der Waals surface area contributed by atoms with Gasteiger partial charge in [0.15, 0.2) is 0 Å². The zero-order valence-electron chi connectivity index (χ0n) is 25.1. The SMILES string of the molecule is COc1ccc(C2=N[C@H](c3ccc(Cl)cc3)[C@H](c3ccc(Cl)cc3)N2C(=O)N2CCN(CC(O)CO)CC2)c(OC(C)C)c1. The number of urea groups is 1. The van der Waals surface area contributed by atoms with Crippen molar-refractivity contribution in [2.24, 2.45) is 4.99 Å². The van der Waals surface area contributed by atoms with Gasteiger partial charge in [0.05, 0.1) is 37.5 Å². The highest BCUT2D eigenvalue weighted by atomic mass is 35.5. The van der Waals surface area contributed by atoms with Crippen LogP contribution in [0.25, 0.3) is 0 Å². The fourth-order valence-electron chi connectivity index (χ4n) is 5.65. The number of hydrogen-bond acceptors (Lipinski definition) is 7. The first kappa shape index (κ1) is 32.1. The number of carbonyl (C=O) groups is 1. The number of nitrogens with zero attached hydrogens (tertiary/aromatic N) is 4. The van der Waals surface area contributed by atoms with Crippen LogP contribution < -0.4 is 9.47 Å². The predicted molar refractivity (Wildman–Crippen MR) is 172 cm³/mol. The Labute approximate surface area is 268 Å². The van der Waals surface area contributed by atoms with Gasteiger partial charge in [-0.25, -0.2) is 4.79 Å². The van der Waals surface area contributed by atoms with Crippen LogP contribution in [0.3, 0.4) is 0 Å². The van der Waals surface area contributed by atoms with Crippen LogP contribution in [0, 0.1) is 0 Å². The lowest BCUT2D eigenvalue weighted by atomic mass is 9.93. The number of piperazine rings is 1. The average Bonchev–Trinajstić information content (AvgIpc) is 3.41. The Morgan fingerprint density at radius 3 is 2.14 bits per heavy atom. The van der Waals surface area contributed by atoms with Crippen LogP contribution in [0.2, 0.25) is 10.0 Å². The number of amides is 2. The van der Waals surface area contributed by atoms with Crippen LogP contribution in [0.15, 0.2) is 71.7 Å². The number of carbonyl (C=O) groups excluding carboxylic acids is 1. The smallest absolute Gasteiger partial charge is 0.326 e. The molecular formula is C33H38Cl2N4O5. The highest BCUT2D eigenvalue weighted by Crippen LogP contribution is 2.46. The van der Waals surface area contributed by atoms with Crippen LogP contribution in [0.4, 0.5) is 4.79 Å². The maximum absolute atomic E-state index is 14.7. The van der Waals surface area contributed by atoms with Crippen molar-refractivity contribution in [3.8, 4) is 11.5 Å². The number of methoxy groups -OCH3 is 1. The van der Waals surface area contributed by atoms with E-state index >= 15 is 0 Å². The molecule has 0 saturated carbocycles. The molecule has 2 N–H and O–H groups in total. The number of aliphatic hydroxyl groups is 2. The summed E-state index contributed by atoms with van der Waals surface area (Å²) >= 11 is 12.6. The molecule has 0 radical (unpaired) electrons. The minimum Gasteiger partial charge on any atom is -0.497 e. The number of aliphatic imine (C=N–C) groups is 1. The van der Waals surface area contributed by atoms with Crippen molar-refractivity contribution in [2.45, 2.75) is 38.1 Å². The van der Waals surface area contributed by atoms with Crippen LogP contribution in [-0.4, -0.2) is 95.4 Å². The Morgan fingerprint density at radius 2 is 1.57 bits per heavy atom. The molecule has 5 rings (SSSR count). The second-order valence-electron chi connectivity index (χ2n) is 11.3. The van der Waals surface area contributed by atoms with Gasteiger partial charge in [0.25, 0.3) is 0 Å². The lowest BCUT2D eigenvalue weighted by molar-refractivity contribution is 0.0424. The predicted octanol–water partition coefficient (Wildman–Crippen LogP) is 5.42. The number of halogens is 2. The Bertz CT molecular complexity index is 1460. The molecule has 1 saturated heterocycles. The van der Waals surface area contributed by atoms with E-state index in [0.717, 1.165) is 11.1 Å². The Hall–Kier alpha value is -3.34. The Balaban J connectivity index is 1.61. The summed E-state index contributed by atoms with van der Waals surface area (Å²) in [5, 5.41) is 20.4. The Morgan fingerprint density at radius 1 is 0.955 bits per heavy atom. The molecule has 44 heavy (non-hydrogen) atoms. The molecule has 0 aliphatic carbocycles. The molecule has 0 spiro atoms. The van der Waals surface area contributed by atoms with Gasteiger partial charge in [-0.1, -0.05) is 47.5 Å². The fraction of sp³-hybridized carbons (Fsp3) is 0.394. The number of rotatable bonds is 9. The summed E-state index contributed by atoms with van der Waals surface area (Å²) < 4.78 is 11.8. The largest absolute Gasteiger partial charge is 0.497 e. The standard InChI is InChI=1S/C33H38Cl2N4O5/c1-21(2)44-29-18-27(43-3)12-13-28(29)32-36-30(22-4-8-24(34)9-5-22)31(23-6-10-25(35)11-7-23)39(32)33(42)38-16-14-37(15-17-38)19-26(41)20-40/h4-13,18,21,26,30-31,40-41H,14-17,19-20H2,1-3H3/t26?,30-,31+/m1/s1. The first-order valence-corrected chi connectivity index (χ1v) is 15.5. The molecule has 2 aliphatic heterocycles. The summed E-state index contributed by atoms with van der Waals surface area (Å²) in [6.07, 6.45) is -0.952. The van der Waals surface area contributed by atoms with Gasteiger partial charge in [0.2, 0.25) is 0 Å². The molecule has 1 unspecified atom stereocenters. The summed E-state index contributed by atoms with van der Waals surface area (Å²) in [4.78, 5) is 25.5. The summed E-state index contributed by atoms with van der Waals surface area (Å²) in [6, 6.07) is 19.5. The van der Waals surface area contributed by atoms with Crippen LogP contribution in [0.1, 0.15) is 42.6 Å². The van der Waals surface area contributed by atoms with Crippen molar-refractivity contribution in [1.82, 2.24) is 14.7 Å². The molecule has 3 aromatic rings. The molecular weight excluding hydrogens is 603 g/mol. The molecule has 2 amide bonds. The third-order valence-corrected chi connectivity index (χ3v) is 8.31. The van der Waals surface area contributed by atoms with Crippen molar-refractivity contribution in [3.63, 3.8) is 0 Å². The third kappa shape index (κ3) is 7.14. The van der Waals surface area contributed by atoms with Crippen molar-refractivity contribution < 1.29 is 24.5 Å². The van der Waals surface area contributed by atoms with Crippen LogP contribution in [0.5, 0.6) is 11.5 Å². The second kappa shape index (κ2) is 14.2. The van der Waals surface area contributed by atoms with Gasteiger partial charge in [0.1, 0.15) is 23.4 Å². The summed E-state index contributed by atoms with van der Waals surface area (Å²) in [6.45, 7) is 5.99. The molecule has 2 aliphatic rings. The molecule has 3 atom stereocenters. The summed E-state index contributed by atoms with van der Waals surface area (Å²) in [7, 11) is 1.60. The van der Waals surface area contributed by atoms with E-state index in [9.17, 15) is 15.0 Å². The molecule has 3 aromatic carbocycles. The highest BCUT2D eigenvalue weighted by Gasteiger charge is 2.45. The van der Waals surface area contributed by atoms with Crippen molar-refractivity contribution in [3.05, 3.63) is 93.5 Å². The minimum atomic E-state index is -0.821. The first-order valence-electron chi connectivity index (χ1n) is 14.7. The fourth-order valence-corrected chi connectivity index (χ4v) is 5.90. The summed E-state index contributed by atoms with van der Waals surface area (Å²) in [5.41, 5.74) is 2.46. The number of β-amino-alcohol motifs (C(OH)–C–C–N with tert-alkyl or cyclic N) is 1. The lowest BCUT2D eigenvalue weighted by Crippen LogP contribution is -2.55. The van der Waals surface area contributed by atoms with Crippen LogP contribution in [-0.2, 0) is 0 Å². The number of ether oxygens (including phenoxy) is 2. The van der Waals surface area contributed by atoms with Gasteiger partial charge in [0, 0.05) is 48.8 Å². The number of benzene rings is 3. The second-order valence-corrected chi connectivity index (χ2v) is 12.1. The van der Waals surface area contributed by atoms with Crippen molar-refractivity contribution >= 4 is 35.1 Å². The molecule has 0 aromatic heterocycles. The van der Waals surface area contributed by atoms with E-state index in [1.807, 2.05) is 85.5 Å². The van der Waals surface area contributed by atoms with E-state index in [2.05, 4.69) is 4.90 Å². The van der Waals surface area contributed by atoms with Crippen molar-refractivity contribution in [2.75, 3.05) is 46.4 Å². The minimum absolute atomic E-state index is 0.131. The van der Waals surface area contributed by atoms with E-state index < -0.39 is 18.2 Å². The number of amidine groups is 1. The van der Waals surface area contributed by atoms with Gasteiger partial charge in [-0.2, -0.15) is 0 Å². The molecule has 11 heteroatoms. The molecule has 9 nitrogen and oxygen atoms in total. The molecule has 1 fully saturated rings. The van der Waals surface area contributed by atoms with Gasteiger partial charge in [-0.15, -0.1) is 0 Å². The molecule has 0 bridgehead atoms. The van der Waals surface area contributed by atoms with Crippen LogP contribution >= 0.6 is 23.2 Å². The van der Waals surface area contributed by atoms with E-state index in [-0.39, 0.29) is 18.7 Å². The lowest BCUT2D eigenvalue weighted by Gasteiger charge is -2.39. The normalized spacial score (nSPS) is 19.7. The average molecular weight is 642 g/mol. The molecule has 234 valence electrons. The first-order chi connectivity index (χ1) is 21.2. The summed E-state index contributed by atoms with van der Waals surface area (Å²) in [5.74, 6) is 1.68. The van der Waals surface area contributed by atoms with Gasteiger partial charge < -0.3 is 24.6 Å². The maximum Gasteiger partial charge on any atom is 0.326 e. The molecule has 2 heterocycles. The van der Waals surface area contributed by atoms with E-state index in [1.54, 1.807) is 12.0 Å². The number of hydrogen-bond donors (Lipinski definition) is 2. The maximum atomic E-state index is 14.7. The van der Waals surface area contributed by atoms with E-state index in [4.69, 9.17) is 37.7 Å². The number of aliphatic hydroxyl groups excluding tert-OH is 2. The third-order valence-electron chi connectivity index (χ3n) is 7.81. The topological polar surface area (TPSA) is 98.1 Å². The zero-order valence-corrected chi connectivity index (χ0v) is 26.6. The van der Waals surface area contributed by atoms with Gasteiger partial charge >= 0.3 is 6.03 Å². The quantitative estimate of drug-likeness (QED) is 0.324. The van der Waals surface area contributed by atoms with Crippen molar-refractivity contribution in [1.29, 1.82) is 0 Å². The Kier molecular flexibility index (Phi) is 10.3. The highest BCUT2D eigenvalue weighted by molar-refractivity contribution is 6.30. The van der Waals surface area contributed by atoms with E-state index in [1.165, 1.54) is 0 Å². The van der Waals surface area contributed by atoms with Gasteiger partial charge in [-0.05, 0) is 61.4 Å². The monoisotopic (exact) mass is 640 g/mol.